The third-order valence-electron chi connectivity index (χ3n) is 3.36. The first kappa shape index (κ1) is 18.0. The van der Waals surface area contributed by atoms with Gasteiger partial charge in [-0.3, -0.25) is 4.79 Å². The summed E-state index contributed by atoms with van der Waals surface area (Å²) in [7, 11) is 1.59. The molecule has 24 heavy (non-hydrogen) atoms. The molecule has 2 N–H and O–H groups in total. The fourth-order valence-corrected chi connectivity index (χ4v) is 2.50. The SMILES string of the molecule is COc1ccc(Br)cc1/C=N/NC(=O)C(C)Nc1cccc(C)c1. The molecule has 0 aliphatic rings. The van der Waals surface area contributed by atoms with E-state index in [-0.39, 0.29) is 5.91 Å². The Kier molecular flexibility index (Phi) is 6.37. The summed E-state index contributed by atoms with van der Waals surface area (Å²) in [4.78, 5) is 12.1. The number of hydrogen-bond donors (Lipinski definition) is 2. The van der Waals surface area contributed by atoms with Crippen LogP contribution in [0.2, 0.25) is 0 Å². The molecule has 0 heterocycles. The van der Waals surface area contributed by atoms with E-state index >= 15 is 0 Å². The summed E-state index contributed by atoms with van der Waals surface area (Å²) in [5, 5.41) is 7.15. The van der Waals surface area contributed by atoms with E-state index < -0.39 is 6.04 Å². The highest BCUT2D eigenvalue weighted by molar-refractivity contribution is 9.10. The van der Waals surface area contributed by atoms with Gasteiger partial charge >= 0.3 is 0 Å². The first-order valence-corrected chi connectivity index (χ1v) is 8.28. The number of amides is 1. The van der Waals surface area contributed by atoms with Crippen LogP contribution < -0.4 is 15.5 Å². The van der Waals surface area contributed by atoms with Crippen molar-refractivity contribution in [3.05, 3.63) is 58.1 Å². The second-order valence-electron chi connectivity index (χ2n) is 5.36. The van der Waals surface area contributed by atoms with Crippen LogP contribution in [0.15, 0.2) is 52.0 Å². The maximum atomic E-state index is 12.1. The van der Waals surface area contributed by atoms with Crippen LogP contribution in [0.25, 0.3) is 0 Å². The van der Waals surface area contributed by atoms with E-state index in [0.717, 1.165) is 21.3 Å². The molecule has 0 aliphatic carbocycles. The van der Waals surface area contributed by atoms with Crippen LogP contribution in [-0.2, 0) is 4.79 Å². The zero-order chi connectivity index (χ0) is 17.5. The number of aryl methyl sites for hydroxylation is 1. The minimum Gasteiger partial charge on any atom is -0.496 e. The summed E-state index contributed by atoms with van der Waals surface area (Å²) in [6.45, 7) is 3.79. The number of carbonyl (C=O) groups excluding carboxylic acids is 1. The number of halogens is 1. The van der Waals surface area contributed by atoms with Gasteiger partial charge in [-0.1, -0.05) is 28.1 Å². The summed E-state index contributed by atoms with van der Waals surface area (Å²) in [6.07, 6.45) is 1.56. The van der Waals surface area contributed by atoms with Crippen LogP contribution in [0.3, 0.4) is 0 Å². The number of carbonyl (C=O) groups is 1. The van der Waals surface area contributed by atoms with E-state index in [2.05, 4.69) is 31.8 Å². The second-order valence-corrected chi connectivity index (χ2v) is 6.27. The molecule has 0 saturated carbocycles. The number of hydrazone groups is 1. The zero-order valence-corrected chi connectivity index (χ0v) is 15.4. The van der Waals surface area contributed by atoms with Crippen molar-refractivity contribution in [2.45, 2.75) is 19.9 Å². The molecule has 0 aliphatic heterocycles. The van der Waals surface area contributed by atoms with Gasteiger partial charge in [0.1, 0.15) is 11.8 Å². The van der Waals surface area contributed by atoms with Gasteiger partial charge in [0.25, 0.3) is 5.91 Å². The lowest BCUT2D eigenvalue weighted by Gasteiger charge is -2.13. The standard InChI is InChI=1S/C18H20BrN3O2/c1-12-5-4-6-16(9-12)21-13(2)18(23)22-20-11-14-10-15(19)7-8-17(14)24-3/h4-11,13,21H,1-3H3,(H,22,23)/b20-11+. The van der Waals surface area contributed by atoms with Crippen LogP contribution in [0.5, 0.6) is 5.75 Å². The first-order chi connectivity index (χ1) is 11.5. The molecule has 126 valence electrons. The number of hydrogen-bond acceptors (Lipinski definition) is 4. The monoisotopic (exact) mass is 389 g/mol. The summed E-state index contributed by atoms with van der Waals surface area (Å²) >= 11 is 3.40. The molecule has 1 amide bonds. The maximum absolute atomic E-state index is 12.1. The summed E-state index contributed by atoms with van der Waals surface area (Å²) in [5.41, 5.74) is 5.33. The van der Waals surface area contributed by atoms with Gasteiger partial charge in [0.2, 0.25) is 0 Å². The zero-order valence-electron chi connectivity index (χ0n) is 13.8. The number of nitrogens with zero attached hydrogens (tertiary/aromatic N) is 1. The molecule has 2 aromatic carbocycles. The van der Waals surface area contributed by atoms with Crippen molar-refractivity contribution in [3.63, 3.8) is 0 Å². The number of rotatable bonds is 6. The van der Waals surface area contributed by atoms with Gasteiger partial charge in [-0.25, -0.2) is 5.43 Å². The van der Waals surface area contributed by atoms with Crippen LogP contribution in [-0.4, -0.2) is 25.3 Å². The quantitative estimate of drug-likeness (QED) is 0.584. The van der Waals surface area contributed by atoms with E-state index in [9.17, 15) is 4.79 Å². The Hall–Kier alpha value is -2.34. The predicted molar refractivity (Wildman–Crippen MR) is 101 cm³/mol. The topological polar surface area (TPSA) is 62.7 Å². The molecule has 6 heteroatoms. The lowest BCUT2D eigenvalue weighted by Crippen LogP contribution is -2.34. The van der Waals surface area contributed by atoms with E-state index in [1.54, 1.807) is 20.2 Å². The van der Waals surface area contributed by atoms with Gasteiger partial charge in [0.05, 0.1) is 13.3 Å². The van der Waals surface area contributed by atoms with Gasteiger partial charge < -0.3 is 10.1 Å². The molecule has 1 unspecified atom stereocenters. The third kappa shape index (κ3) is 5.09. The van der Waals surface area contributed by atoms with E-state index in [0.29, 0.717) is 5.75 Å². The largest absolute Gasteiger partial charge is 0.496 e. The Balaban J connectivity index is 1.96. The van der Waals surface area contributed by atoms with Gasteiger partial charge in [-0.2, -0.15) is 5.10 Å². The molecule has 0 aromatic heterocycles. The van der Waals surface area contributed by atoms with Crippen molar-refractivity contribution in [2.75, 3.05) is 12.4 Å². The Morgan fingerprint density at radius 1 is 1.29 bits per heavy atom. The highest BCUT2D eigenvalue weighted by Crippen LogP contribution is 2.21. The minimum atomic E-state index is -0.409. The number of nitrogens with one attached hydrogen (secondary N) is 2. The molecule has 0 bridgehead atoms. The van der Waals surface area contributed by atoms with Gasteiger partial charge in [0, 0.05) is 15.7 Å². The van der Waals surface area contributed by atoms with E-state index in [1.807, 2.05) is 49.4 Å². The molecular formula is C18H20BrN3O2. The van der Waals surface area contributed by atoms with Crippen molar-refractivity contribution in [1.29, 1.82) is 0 Å². The number of benzene rings is 2. The highest BCUT2D eigenvalue weighted by atomic mass is 79.9. The number of methoxy groups -OCH3 is 1. The highest BCUT2D eigenvalue weighted by Gasteiger charge is 2.11. The average Bonchev–Trinajstić information content (AvgIpc) is 2.55. The van der Waals surface area contributed by atoms with Crippen molar-refractivity contribution in [3.8, 4) is 5.75 Å². The Bertz CT molecular complexity index is 747. The molecule has 5 nitrogen and oxygen atoms in total. The molecular weight excluding hydrogens is 370 g/mol. The maximum Gasteiger partial charge on any atom is 0.262 e. The lowest BCUT2D eigenvalue weighted by atomic mass is 10.2. The third-order valence-corrected chi connectivity index (χ3v) is 3.86. The van der Waals surface area contributed by atoms with E-state index in [4.69, 9.17) is 4.74 Å². The molecule has 0 saturated heterocycles. The molecule has 0 radical (unpaired) electrons. The molecule has 1 atom stereocenters. The molecule has 2 aromatic rings. The van der Waals surface area contributed by atoms with E-state index in [1.165, 1.54) is 0 Å². The minimum absolute atomic E-state index is 0.221. The summed E-state index contributed by atoms with van der Waals surface area (Å²) in [6, 6.07) is 13.0. The predicted octanol–water partition coefficient (Wildman–Crippen LogP) is 3.72. The van der Waals surface area contributed by atoms with Crippen molar-refractivity contribution < 1.29 is 9.53 Å². The first-order valence-electron chi connectivity index (χ1n) is 7.49. The summed E-state index contributed by atoms with van der Waals surface area (Å²) < 4.78 is 6.17. The normalized spacial score (nSPS) is 12.0. The van der Waals surface area contributed by atoms with Crippen LogP contribution in [0.4, 0.5) is 5.69 Å². The Morgan fingerprint density at radius 2 is 2.08 bits per heavy atom. The van der Waals surface area contributed by atoms with Gasteiger partial charge in [0.15, 0.2) is 0 Å². The average molecular weight is 390 g/mol. The van der Waals surface area contributed by atoms with Crippen LogP contribution in [0, 0.1) is 6.92 Å². The number of anilines is 1. The lowest BCUT2D eigenvalue weighted by molar-refractivity contribution is -0.121. The van der Waals surface area contributed by atoms with Gasteiger partial charge in [-0.05, 0) is 49.7 Å². The summed E-state index contributed by atoms with van der Waals surface area (Å²) in [5.74, 6) is 0.462. The fourth-order valence-electron chi connectivity index (χ4n) is 2.12. The second kappa shape index (κ2) is 8.49. The molecule has 0 fully saturated rings. The number of ether oxygens (including phenoxy) is 1. The van der Waals surface area contributed by atoms with Crippen molar-refractivity contribution in [1.82, 2.24) is 5.43 Å². The van der Waals surface area contributed by atoms with Crippen LogP contribution in [0.1, 0.15) is 18.1 Å². The smallest absolute Gasteiger partial charge is 0.262 e. The fraction of sp³-hybridized carbons (Fsp3) is 0.222. The molecule has 2 rings (SSSR count). The Labute approximate surface area is 150 Å². The molecule has 0 spiro atoms. The van der Waals surface area contributed by atoms with Crippen molar-refractivity contribution >= 4 is 33.7 Å². The van der Waals surface area contributed by atoms with Gasteiger partial charge in [-0.15, -0.1) is 0 Å². The Morgan fingerprint density at radius 3 is 2.79 bits per heavy atom. The van der Waals surface area contributed by atoms with Crippen molar-refractivity contribution in [2.24, 2.45) is 5.10 Å². The van der Waals surface area contributed by atoms with Crippen LogP contribution >= 0.6 is 15.9 Å².